The monoisotopic (exact) mass is 296 g/mol. The molecule has 0 aliphatic rings. The zero-order valence-corrected chi connectivity index (χ0v) is 11.9. The maximum atomic E-state index is 13.6. The normalized spacial score (nSPS) is 10.6. The predicted octanol–water partition coefficient (Wildman–Crippen LogP) is 3.06. The Morgan fingerprint density at radius 3 is 2.80 bits per heavy atom. The molecule has 0 aliphatic carbocycles. The minimum absolute atomic E-state index is 0.0971. The number of aromatic nitrogens is 1. The standard InChI is InChI=1S/C14H14ClFN2O2/c1-8-10(9(2)20-18-8)6-7-17-14(19)13-11(15)4-3-5-12(13)16/h3-5H,6-7H2,1-2H3,(H,17,19). The van der Waals surface area contributed by atoms with E-state index in [0.29, 0.717) is 13.0 Å². The van der Waals surface area contributed by atoms with E-state index in [4.69, 9.17) is 16.1 Å². The Kier molecular flexibility index (Phi) is 4.39. The van der Waals surface area contributed by atoms with Crippen molar-refractivity contribution < 1.29 is 13.7 Å². The number of halogens is 2. The highest BCUT2D eigenvalue weighted by Crippen LogP contribution is 2.18. The number of hydrogen-bond acceptors (Lipinski definition) is 3. The van der Waals surface area contributed by atoms with Crippen LogP contribution in [0.15, 0.2) is 22.7 Å². The molecule has 0 spiro atoms. The first kappa shape index (κ1) is 14.5. The van der Waals surface area contributed by atoms with Crippen LogP contribution in [-0.2, 0) is 6.42 Å². The second-order valence-corrected chi connectivity index (χ2v) is 4.81. The van der Waals surface area contributed by atoms with Gasteiger partial charge in [-0.2, -0.15) is 0 Å². The van der Waals surface area contributed by atoms with Crippen LogP contribution >= 0.6 is 11.6 Å². The number of nitrogens with zero attached hydrogens (tertiary/aromatic N) is 1. The van der Waals surface area contributed by atoms with E-state index in [-0.39, 0.29) is 10.6 Å². The van der Waals surface area contributed by atoms with Crippen LogP contribution in [0.2, 0.25) is 5.02 Å². The highest BCUT2D eigenvalue weighted by molar-refractivity contribution is 6.33. The second-order valence-electron chi connectivity index (χ2n) is 4.41. The van der Waals surface area contributed by atoms with Gasteiger partial charge in [-0.25, -0.2) is 4.39 Å². The minimum Gasteiger partial charge on any atom is -0.361 e. The smallest absolute Gasteiger partial charge is 0.255 e. The van der Waals surface area contributed by atoms with E-state index in [1.807, 2.05) is 13.8 Å². The average Bonchev–Trinajstić information content (AvgIpc) is 2.70. The van der Waals surface area contributed by atoms with Gasteiger partial charge in [-0.05, 0) is 32.4 Å². The van der Waals surface area contributed by atoms with Crippen LogP contribution in [0.4, 0.5) is 4.39 Å². The Balaban J connectivity index is 2.00. The fourth-order valence-corrected chi connectivity index (χ4v) is 2.21. The van der Waals surface area contributed by atoms with Crippen molar-refractivity contribution in [3.63, 3.8) is 0 Å². The molecule has 1 N–H and O–H groups in total. The summed E-state index contributed by atoms with van der Waals surface area (Å²) in [6.07, 6.45) is 0.568. The number of rotatable bonds is 4. The molecule has 2 aromatic rings. The molecule has 6 heteroatoms. The van der Waals surface area contributed by atoms with Crippen molar-refractivity contribution in [3.8, 4) is 0 Å². The third-order valence-corrected chi connectivity index (χ3v) is 3.35. The lowest BCUT2D eigenvalue weighted by Gasteiger charge is -2.07. The SMILES string of the molecule is Cc1noc(C)c1CCNC(=O)c1c(F)cccc1Cl. The third kappa shape index (κ3) is 2.99. The fourth-order valence-electron chi connectivity index (χ4n) is 1.96. The van der Waals surface area contributed by atoms with Gasteiger partial charge >= 0.3 is 0 Å². The topological polar surface area (TPSA) is 55.1 Å². The quantitative estimate of drug-likeness (QED) is 0.943. The van der Waals surface area contributed by atoms with Gasteiger partial charge in [-0.3, -0.25) is 4.79 Å². The molecule has 0 bridgehead atoms. The molecule has 106 valence electrons. The highest BCUT2D eigenvalue weighted by atomic mass is 35.5. The largest absolute Gasteiger partial charge is 0.361 e. The molecule has 1 heterocycles. The number of carbonyl (C=O) groups is 1. The molecule has 0 fully saturated rings. The molecule has 0 atom stereocenters. The Morgan fingerprint density at radius 2 is 2.20 bits per heavy atom. The number of carbonyl (C=O) groups excluding carboxylic acids is 1. The van der Waals surface area contributed by atoms with E-state index in [1.54, 1.807) is 0 Å². The molecule has 1 aromatic carbocycles. The van der Waals surface area contributed by atoms with Crippen LogP contribution in [0, 0.1) is 19.7 Å². The van der Waals surface area contributed by atoms with Crippen molar-refractivity contribution in [3.05, 3.63) is 51.6 Å². The first-order valence-corrected chi connectivity index (χ1v) is 6.52. The summed E-state index contributed by atoms with van der Waals surface area (Å²) in [4.78, 5) is 11.9. The molecular weight excluding hydrogens is 283 g/mol. The van der Waals surface area contributed by atoms with Gasteiger partial charge in [0.1, 0.15) is 11.6 Å². The molecule has 1 amide bonds. The lowest BCUT2D eigenvalue weighted by atomic mass is 10.1. The van der Waals surface area contributed by atoms with E-state index >= 15 is 0 Å². The Bertz CT molecular complexity index is 600. The van der Waals surface area contributed by atoms with Crippen molar-refractivity contribution in [2.45, 2.75) is 20.3 Å². The molecule has 0 radical (unpaired) electrons. The van der Waals surface area contributed by atoms with E-state index in [0.717, 1.165) is 17.0 Å². The predicted molar refractivity (Wildman–Crippen MR) is 73.4 cm³/mol. The van der Waals surface area contributed by atoms with Gasteiger partial charge in [0, 0.05) is 12.1 Å². The third-order valence-electron chi connectivity index (χ3n) is 3.03. The Morgan fingerprint density at radius 1 is 1.45 bits per heavy atom. The van der Waals surface area contributed by atoms with Gasteiger partial charge in [-0.15, -0.1) is 0 Å². The molecular formula is C14H14ClFN2O2. The van der Waals surface area contributed by atoms with E-state index < -0.39 is 11.7 Å². The van der Waals surface area contributed by atoms with E-state index in [2.05, 4.69) is 10.5 Å². The first-order chi connectivity index (χ1) is 9.50. The second kappa shape index (κ2) is 6.05. The van der Waals surface area contributed by atoms with Gasteiger partial charge in [0.15, 0.2) is 0 Å². The molecule has 20 heavy (non-hydrogen) atoms. The van der Waals surface area contributed by atoms with Crippen LogP contribution < -0.4 is 5.32 Å². The van der Waals surface area contributed by atoms with Crippen molar-refractivity contribution in [1.29, 1.82) is 0 Å². The molecule has 0 unspecified atom stereocenters. The lowest BCUT2D eigenvalue weighted by molar-refractivity contribution is 0.0950. The first-order valence-electron chi connectivity index (χ1n) is 6.14. The van der Waals surface area contributed by atoms with Crippen LogP contribution in [0.3, 0.4) is 0 Å². The van der Waals surface area contributed by atoms with Crippen molar-refractivity contribution >= 4 is 17.5 Å². The van der Waals surface area contributed by atoms with Gasteiger partial charge in [0.2, 0.25) is 0 Å². The molecule has 0 saturated carbocycles. The minimum atomic E-state index is -0.632. The number of hydrogen-bond donors (Lipinski definition) is 1. The van der Waals surface area contributed by atoms with Crippen molar-refractivity contribution in [2.75, 3.05) is 6.54 Å². The van der Waals surface area contributed by atoms with Crippen LogP contribution in [-0.4, -0.2) is 17.6 Å². The van der Waals surface area contributed by atoms with Crippen LogP contribution in [0.1, 0.15) is 27.4 Å². The van der Waals surface area contributed by atoms with E-state index in [9.17, 15) is 9.18 Å². The summed E-state index contributed by atoms with van der Waals surface area (Å²) < 4.78 is 18.6. The maximum absolute atomic E-state index is 13.6. The van der Waals surface area contributed by atoms with Crippen LogP contribution in [0.25, 0.3) is 0 Å². The summed E-state index contributed by atoms with van der Waals surface area (Å²) >= 11 is 5.83. The summed E-state index contributed by atoms with van der Waals surface area (Å²) in [6, 6.07) is 4.14. The fraction of sp³-hybridized carbons (Fsp3) is 0.286. The van der Waals surface area contributed by atoms with Crippen molar-refractivity contribution in [1.82, 2.24) is 10.5 Å². The van der Waals surface area contributed by atoms with Crippen LogP contribution in [0.5, 0.6) is 0 Å². The highest BCUT2D eigenvalue weighted by Gasteiger charge is 2.16. The molecule has 4 nitrogen and oxygen atoms in total. The van der Waals surface area contributed by atoms with E-state index in [1.165, 1.54) is 18.2 Å². The Labute approximate surface area is 120 Å². The molecule has 2 rings (SSSR count). The van der Waals surface area contributed by atoms with Gasteiger partial charge in [0.05, 0.1) is 16.3 Å². The zero-order valence-electron chi connectivity index (χ0n) is 11.2. The number of aryl methyl sites for hydroxylation is 2. The molecule has 0 saturated heterocycles. The maximum Gasteiger partial charge on any atom is 0.255 e. The molecule has 1 aromatic heterocycles. The number of nitrogens with one attached hydrogen (secondary N) is 1. The van der Waals surface area contributed by atoms with Gasteiger partial charge in [-0.1, -0.05) is 22.8 Å². The summed E-state index contributed by atoms with van der Waals surface area (Å²) in [5, 5.41) is 6.57. The average molecular weight is 297 g/mol. The Hall–Kier alpha value is -1.88. The summed E-state index contributed by atoms with van der Waals surface area (Å²) in [5.41, 5.74) is 1.61. The molecule has 0 aliphatic heterocycles. The number of benzene rings is 1. The lowest BCUT2D eigenvalue weighted by Crippen LogP contribution is -2.27. The summed E-state index contributed by atoms with van der Waals surface area (Å²) in [6.45, 7) is 4.00. The zero-order chi connectivity index (χ0) is 14.7. The van der Waals surface area contributed by atoms with Gasteiger partial charge in [0.25, 0.3) is 5.91 Å². The summed E-state index contributed by atoms with van der Waals surface area (Å²) in [7, 11) is 0. The number of amides is 1. The van der Waals surface area contributed by atoms with Crippen molar-refractivity contribution in [2.24, 2.45) is 0 Å². The van der Waals surface area contributed by atoms with Gasteiger partial charge < -0.3 is 9.84 Å². The summed E-state index contributed by atoms with van der Waals surface area (Å²) in [5.74, 6) is -0.437.